The Labute approximate surface area is 159 Å². The molecule has 6 heteroatoms. The van der Waals surface area contributed by atoms with Gasteiger partial charge in [-0.05, 0) is 50.5 Å². The van der Waals surface area contributed by atoms with E-state index in [4.69, 9.17) is 0 Å². The molecule has 2 unspecified atom stereocenters. The Bertz CT molecular complexity index is 687. The molecule has 4 rings (SSSR count). The highest BCUT2D eigenvalue weighted by Crippen LogP contribution is 2.47. The number of rotatable bonds is 4. The predicted molar refractivity (Wildman–Crippen MR) is 106 cm³/mol. The van der Waals surface area contributed by atoms with Gasteiger partial charge in [-0.2, -0.15) is 0 Å². The fourth-order valence-corrected chi connectivity index (χ4v) is 5.80. The summed E-state index contributed by atoms with van der Waals surface area (Å²) in [5.74, 6) is 0.698. The highest BCUT2D eigenvalue weighted by molar-refractivity contribution is 8.01. The minimum absolute atomic E-state index is 0.0792. The molecule has 0 spiro atoms. The first kappa shape index (κ1) is 17.7. The molecule has 0 radical (unpaired) electrons. The third-order valence-corrected chi connectivity index (χ3v) is 7.38. The first-order valence-electron chi connectivity index (χ1n) is 9.69. The maximum atomic E-state index is 12.7. The van der Waals surface area contributed by atoms with Crippen molar-refractivity contribution in [3.63, 3.8) is 0 Å². The van der Waals surface area contributed by atoms with Crippen LogP contribution in [0.2, 0.25) is 0 Å². The second kappa shape index (κ2) is 7.14. The van der Waals surface area contributed by atoms with Gasteiger partial charge >= 0.3 is 0 Å². The SMILES string of the molecule is CC12CCC(=O)N1C(C(=O)Nc1ccc(NC3CCCCC3)cc1)CS2. The van der Waals surface area contributed by atoms with Crippen molar-refractivity contribution in [3.05, 3.63) is 24.3 Å². The fourth-order valence-electron chi connectivity index (χ4n) is 4.37. The van der Waals surface area contributed by atoms with E-state index < -0.39 is 0 Å². The van der Waals surface area contributed by atoms with Gasteiger partial charge in [0.25, 0.3) is 0 Å². The first-order valence-corrected chi connectivity index (χ1v) is 10.7. The van der Waals surface area contributed by atoms with Crippen LogP contribution in [-0.2, 0) is 9.59 Å². The number of hydrogen-bond donors (Lipinski definition) is 2. The summed E-state index contributed by atoms with van der Waals surface area (Å²) in [5, 5.41) is 6.58. The van der Waals surface area contributed by atoms with E-state index in [1.54, 1.807) is 16.7 Å². The standard InChI is InChI=1S/C20H27N3O2S/c1-20-12-11-18(24)23(20)17(13-26-20)19(25)22-16-9-7-15(8-10-16)21-14-5-3-2-4-6-14/h7-10,14,17,21H,2-6,11-13H2,1H3,(H,22,25). The topological polar surface area (TPSA) is 61.4 Å². The van der Waals surface area contributed by atoms with Crippen LogP contribution in [0.5, 0.6) is 0 Å². The van der Waals surface area contributed by atoms with Crippen LogP contribution in [0, 0.1) is 0 Å². The van der Waals surface area contributed by atoms with Crippen molar-refractivity contribution in [1.82, 2.24) is 4.90 Å². The van der Waals surface area contributed by atoms with Crippen LogP contribution in [0.1, 0.15) is 51.9 Å². The number of nitrogens with one attached hydrogen (secondary N) is 2. The molecule has 3 fully saturated rings. The summed E-state index contributed by atoms with van der Waals surface area (Å²) in [6.07, 6.45) is 7.82. The molecular weight excluding hydrogens is 346 g/mol. The third kappa shape index (κ3) is 3.43. The fraction of sp³-hybridized carbons (Fsp3) is 0.600. The van der Waals surface area contributed by atoms with Crippen molar-refractivity contribution in [2.45, 2.75) is 68.8 Å². The Morgan fingerprint density at radius 3 is 2.58 bits per heavy atom. The first-order chi connectivity index (χ1) is 12.5. The zero-order valence-electron chi connectivity index (χ0n) is 15.3. The minimum Gasteiger partial charge on any atom is -0.382 e. The summed E-state index contributed by atoms with van der Waals surface area (Å²) in [7, 11) is 0. The van der Waals surface area contributed by atoms with Gasteiger partial charge in [-0.25, -0.2) is 0 Å². The van der Waals surface area contributed by atoms with Gasteiger partial charge in [-0.15, -0.1) is 11.8 Å². The van der Waals surface area contributed by atoms with E-state index in [1.165, 1.54) is 32.1 Å². The van der Waals surface area contributed by atoms with E-state index in [0.717, 1.165) is 17.8 Å². The molecule has 1 aliphatic carbocycles. The molecule has 2 N–H and O–H groups in total. The summed E-state index contributed by atoms with van der Waals surface area (Å²) < 4.78 is 0. The van der Waals surface area contributed by atoms with E-state index in [-0.39, 0.29) is 22.7 Å². The molecule has 0 bridgehead atoms. The van der Waals surface area contributed by atoms with Crippen LogP contribution in [0.4, 0.5) is 11.4 Å². The lowest BCUT2D eigenvalue weighted by Crippen LogP contribution is -2.48. The molecule has 2 heterocycles. The lowest BCUT2D eigenvalue weighted by molar-refractivity contribution is -0.135. The number of anilines is 2. The second-order valence-corrected chi connectivity index (χ2v) is 9.31. The van der Waals surface area contributed by atoms with E-state index in [9.17, 15) is 9.59 Å². The minimum atomic E-state index is -0.361. The second-order valence-electron chi connectivity index (χ2n) is 7.81. The van der Waals surface area contributed by atoms with Crippen LogP contribution in [0.3, 0.4) is 0 Å². The van der Waals surface area contributed by atoms with Crippen LogP contribution in [0.15, 0.2) is 24.3 Å². The molecule has 1 aromatic carbocycles. The Balaban J connectivity index is 1.36. The van der Waals surface area contributed by atoms with E-state index in [0.29, 0.717) is 18.2 Å². The number of carbonyl (C=O) groups excluding carboxylic acids is 2. The van der Waals surface area contributed by atoms with Crippen LogP contribution < -0.4 is 10.6 Å². The van der Waals surface area contributed by atoms with Crippen LogP contribution in [-0.4, -0.2) is 39.4 Å². The number of hydrogen-bond acceptors (Lipinski definition) is 4. The monoisotopic (exact) mass is 373 g/mol. The highest BCUT2D eigenvalue weighted by atomic mass is 32.2. The third-order valence-electron chi connectivity index (χ3n) is 5.88. The highest BCUT2D eigenvalue weighted by Gasteiger charge is 2.52. The van der Waals surface area contributed by atoms with Gasteiger partial charge in [0, 0.05) is 29.6 Å². The van der Waals surface area contributed by atoms with Gasteiger partial charge in [0.2, 0.25) is 11.8 Å². The maximum Gasteiger partial charge on any atom is 0.248 e. The summed E-state index contributed by atoms with van der Waals surface area (Å²) >= 11 is 1.72. The van der Waals surface area contributed by atoms with E-state index in [2.05, 4.69) is 17.6 Å². The number of fused-ring (bicyclic) bond motifs is 1. The molecule has 1 aromatic rings. The van der Waals surface area contributed by atoms with Gasteiger partial charge in [-0.1, -0.05) is 19.3 Å². The molecule has 140 valence electrons. The molecule has 26 heavy (non-hydrogen) atoms. The predicted octanol–water partition coefficient (Wildman–Crippen LogP) is 3.82. The van der Waals surface area contributed by atoms with Crippen molar-refractivity contribution < 1.29 is 9.59 Å². The molecule has 2 amide bonds. The lowest BCUT2D eigenvalue weighted by atomic mass is 9.95. The summed E-state index contributed by atoms with van der Waals surface area (Å²) in [6, 6.07) is 8.14. The van der Waals surface area contributed by atoms with Crippen molar-refractivity contribution in [2.24, 2.45) is 0 Å². The average molecular weight is 374 g/mol. The van der Waals surface area contributed by atoms with Gasteiger partial charge in [0.05, 0.1) is 4.87 Å². The summed E-state index contributed by atoms with van der Waals surface area (Å²) in [4.78, 5) is 26.5. The Hall–Kier alpha value is -1.69. The van der Waals surface area contributed by atoms with Gasteiger partial charge < -0.3 is 15.5 Å². The molecular formula is C20H27N3O2S. The smallest absolute Gasteiger partial charge is 0.248 e. The maximum absolute atomic E-state index is 12.7. The molecule has 1 saturated carbocycles. The van der Waals surface area contributed by atoms with Crippen molar-refractivity contribution in [2.75, 3.05) is 16.4 Å². The number of benzene rings is 1. The number of amides is 2. The Kier molecular flexibility index (Phi) is 4.86. The van der Waals surface area contributed by atoms with Crippen LogP contribution >= 0.6 is 11.8 Å². The van der Waals surface area contributed by atoms with Crippen molar-refractivity contribution >= 4 is 35.0 Å². The van der Waals surface area contributed by atoms with Crippen molar-refractivity contribution in [3.8, 4) is 0 Å². The lowest BCUT2D eigenvalue weighted by Gasteiger charge is -2.29. The molecule has 2 atom stereocenters. The van der Waals surface area contributed by atoms with E-state index in [1.807, 2.05) is 24.3 Å². The summed E-state index contributed by atoms with van der Waals surface area (Å²) in [6.45, 7) is 2.07. The van der Waals surface area contributed by atoms with Gasteiger partial charge in [0.15, 0.2) is 0 Å². The number of nitrogens with zero attached hydrogens (tertiary/aromatic N) is 1. The zero-order valence-corrected chi connectivity index (χ0v) is 16.1. The normalized spacial score (nSPS) is 28.9. The summed E-state index contributed by atoms with van der Waals surface area (Å²) in [5.41, 5.74) is 1.89. The van der Waals surface area contributed by atoms with Gasteiger partial charge in [-0.3, -0.25) is 9.59 Å². The Morgan fingerprint density at radius 1 is 1.15 bits per heavy atom. The Morgan fingerprint density at radius 2 is 1.85 bits per heavy atom. The van der Waals surface area contributed by atoms with Gasteiger partial charge in [0.1, 0.15) is 6.04 Å². The largest absolute Gasteiger partial charge is 0.382 e. The number of carbonyl (C=O) groups is 2. The quantitative estimate of drug-likeness (QED) is 0.842. The van der Waals surface area contributed by atoms with E-state index >= 15 is 0 Å². The molecule has 3 aliphatic rings. The zero-order chi connectivity index (χ0) is 18.1. The molecule has 2 saturated heterocycles. The molecule has 2 aliphatic heterocycles. The van der Waals surface area contributed by atoms with Crippen molar-refractivity contribution in [1.29, 1.82) is 0 Å². The average Bonchev–Trinajstić information content (AvgIpc) is 3.14. The van der Waals surface area contributed by atoms with Crippen LogP contribution in [0.25, 0.3) is 0 Å². The molecule has 5 nitrogen and oxygen atoms in total. The molecule has 0 aromatic heterocycles. The number of thioether (sulfide) groups is 1.